The fourth-order valence-corrected chi connectivity index (χ4v) is 5.26. The van der Waals surface area contributed by atoms with Crippen LogP contribution in [0.4, 0.5) is 0 Å². The zero-order valence-corrected chi connectivity index (χ0v) is 19.7. The van der Waals surface area contributed by atoms with Gasteiger partial charge in [0.25, 0.3) is 0 Å². The summed E-state index contributed by atoms with van der Waals surface area (Å²) < 4.78 is 0. The number of hydrogen-bond donors (Lipinski definition) is 2. The Bertz CT molecular complexity index is 685. The van der Waals surface area contributed by atoms with Crippen LogP contribution < -0.4 is 0 Å². The molecule has 0 aromatic heterocycles. The maximum absolute atomic E-state index is 10.1. The Morgan fingerprint density at radius 2 is 1.23 bits per heavy atom. The molecule has 2 rings (SSSR count). The predicted molar refractivity (Wildman–Crippen MR) is 131 cm³/mol. The average Bonchev–Trinajstić information content (AvgIpc) is 2.82. The average molecular weight is 429 g/mol. The van der Waals surface area contributed by atoms with E-state index >= 15 is 0 Å². The zero-order chi connectivity index (χ0) is 21.7. The van der Waals surface area contributed by atoms with Crippen molar-refractivity contribution in [2.45, 2.75) is 69.6 Å². The van der Waals surface area contributed by atoms with Gasteiger partial charge in [0.1, 0.15) is 0 Å². The SMILES string of the molecule is CCC(CO)(CCCCSCCCCC(C)(CO)c1ccccc1)c1ccccc1. The fraction of sp³-hybridized carbons (Fsp3) is 0.556. The van der Waals surface area contributed by atoms with Crippen molar-refractivity contribution in [1.29, 1.82) is 0 Å². The quantitative estimate of drug-likeness (QED) is 0.325. The van der Waals surface area contributed by atoms with Crippen molar-refractivity contribution in [1.82, 2.24) is 0 Å². The molecule has 0 bridgehead atoms. The molecule has 166 valence electrons. The van der Waals surface area contributed by atoms with E-state index in [0.717, 1.165) is 32.1 Å². The van der Waals surface area contributed by atoms with Gasteiger partial charge in [0.05, 0.1) is 13.2 Å². The van der Waals surface area contributed by atoms with Crippen LogP contribution in [-0.4, -0.2) is 34.9 Å². The molecule has 0 aliphatic rings. The molecule has 2 N–H and O–H groups in total. The van der Waals surface area contributed by atoms with Crippen LogP contribution in [0.25, 0.3) is 0 Å². The Morgan fingerprint density at radius 1 is 0.700 bits per heavy atom. The van der Waals surface area contributed by atoms with Crippen LogP contribution in [0.1, 0.15) is 69.9 Å². The highest BCUT2D eigenvalue weighted by molar-refractivity contribution is 7.99. The van der Waals surface area contributed by atoms with Gasteiger partial charge in [0, 0.05) is 10.8 Å². The summed E-state index contributed by atoms with van der Waals surface area (Å²) in [6.07, 6.45) is 7.77. The van der Waals surface area contributed by atoms with E-state index in [0.29, 0.717) is 0 Å². The Kier molecular flexibility index (Phi) is 11.0. The molecule has 2 nitrogen and oxygen atoms in total. The van der Waals surface area contributed by atoms with Gasteiger partial charge in [-0.1, -0.05) is 87.4 Å². The van der Waals surface area contributed by atoms with E-state index in [-0.39, 0.29) is 24.0 Å². The summed E-state index contributed by atoms with van der Waals surface area (Å²) in [6.45, 7) is 4.79. The topological polar surface area (TPSA) is 40.5 Å². The second-order valence-corrected chi connectivity index (χ2v) is 9.99. The van der Waals surface area contributed by atoms with E-state index in [9.17, 15) is 10.2 Å². The minimum absolute atomic E-state index is 0.0852. The summed E-state index contributed by atoms with van der Waals surface area (Å²) in [5.74, 6) is 2.38. The first-order valence-electron chi connectivity index (χ1n) is 11.5. The van der Waals surface area contributed by atoms with Crippen molar-refractivity contribution in [3.63, 3.8) is 0 Å². The van der Waals surface area contributed by atoms with Crippen molar-refractivity contribution < 1.29 is 10.2 Å². The standard InChI is InChI=1S/C27H40O2S/c1-3-27(23-29,25-16-8-5-9-17-25)19-11-13-21-30-20-12-10-18-26(2,22-28)24-14-6-4-7-15-24/h4-9,14-17,28-29H,3,10-13,18-23H2,1-2H3. The highest BCUT2D eigenvalue weighted by Gasteiger charge is 2.28. The Labute approximate surface area is 188 Å². The van der Waals surface area contributed by atoms with Crippen molar-refractivity contribution in [2.24, 2.45) is 0 Å². The Hall–Kier alpha value is -1.29. The van der Waals surface area contributed by atoms with Gasteiger partial charge in [-0.2, -0.15) is 11.8 Å². The lowest BCUT2D eigenvalue weighted by atomic mass is 9.75. The Balaban J connectivity index is 1.63. The smallest absolute Gasteiger partial charge is 0.0527 e. The summed E-state index contributed by atoms with van der Waals surface area (Å²) in [5, 5.41) is 20.0. The second kappa shape index (κ2) is 13.2. The molecular weight excluding hydrogens is 388 g/mol. The molecule has 0 aliphatic carbocycles. The van der Waals surface area contributed by atoms with E-state index in [2.05, 4.69) is 62.4 Å². The molecule has 0 saturated heterocycles. The van der Waals surface area contributed by atoms with Crippen LogP contribution in [0.2, 0.25) is 0 Å². The zero-order valence-electron chi connectivity index (χ0n) is 18.9. The van der Waals surface area contributed by atoms with Gasteiger partial charge in [-0.15, -0.1) is 0 Å². The highest BCUT2D eigenvalue weighted by atomic mass is 32.2. The number of rotatable bonds is 15. The van der Waals surface area contributed by atoms with Crippen LogP contribution in [0.15, 0.2) is 60.7 Å². The molecule has 0 spiro atoms. The molecule has 0 fully saturated rings. The van der Waals surface area contributed by atoms with Gasteiger partial charge in [-0.05, 0) is 54.7 Å². The summed E-state index contributed by atoms with van der Waals surface area (Å²) in [4.78, 5) is 0. The molecule has 0 heterocycles. The first-order valence-corrected chi connectivity index (χ1v) is 12.7. The molecule has 2 atom stereocenters. The van der Waals surface area contributed by atoms with Crippen LogP contribution in [0.3, 0.4) is 0 Å². The van der Waals surface area contributed by atoms with E-state index in [1.165, 1.54) is 35.5 Å². The summed E-state index contributed by atoms with van der Waals surface area (Å²) >= 11 is 2.04. The van der Waals surface area contributed by atoms with E-state index in [1.807, 2.05) is 23.9 Å². The van der Waals surface area contributed by atoms with Crippen LogP contribution >= 0.6 is 11.8 Å². The number of aliphatic hydroxyl groups is 2. The molecule has 2 aromatic rings. The molecule has 30 heavy (non-hydrogen) atoms. The maximum atomic E-state index is 10.1. The van der Waals surface area contributed by atoms with Crippen molar-refractivity contribution in [2.75, 3.05) is 24.7 Å². The number of benzene rings is 2. The van der Waals surface area contributed by atoms with Crippen molar-refractivity contribution in [3.8, 4) is 0 Å². The second-order valence-electron chi connectivity index (χ2n) is 8.77. The van der Waals surface area contributed by atoms with Crippen molar-refractivity contribution in [3.05, 3.63) is 71.8 Å². The summed E-state index contributed by atoms with van der Waals surface area (Å²) in [7, 11) is 0. The molecule has 3 heteroatoms. The highest BCUT2D eigenvalue weighted by Crippen LogP contribution is 2.33. The minimum Gasteiger partial charge on any atom is -0.395 e. The lowest BCUT2D eigenvalue weighted by Gasteiger charge is -2.31. The third-order valence-electron chi connectivity index (χ3n) is 6.65. The molecule has 0 amide bonds. The lowest BCUT2D eigenvalue weighted by Crippen LogP contribution is -2.29. The lowest BCUT2D eigenvalue weighted by molar-refractivity contribution is 0.176. The molecule has 0 saturated carbocycles. The van der Waals surface area contributed by atoms with Crippen LogP contribution in [-0.2, 0) is 10.8 Å². The minimum atomic E-state index is -0.128. The summed E-state index contributed by atoms with van der Waals surface area (Å²) in [6, 6.07) is 20.9. The first-order chi connectivity index (χ1) is 14.6. The number of unbranched alkanes of at least 4 members (excludes halogenated alkanes) is 2. The molecule has 2 unspecified atom stereocenters. The van der Waals surface area contributed by atoms with Gasteiger partial charge in [-0.3, -0.25) is 0 Å². The van der Waals surface area contributed by atoms with Crippen LogP contribution in [0.5, 0.6) is 0 Å². The third kappa shape index (κ3) is 7.14. The molecule has 0 radical (unpaired) electrons. The maximum Gasteiger partial charge on any atom is 0.0527 e. The normalized spacial score (nSPS) is 15.5. The largest absolute Gasteiger partial charge is 0.395 e. The summed E-state index contributed by atoms with van der Waals surface area (Å²) in [5.41, 5.74) is 2.30. The van der Waals surface area contributed by atoms with Crippen LogP contribution in [0, 0.1) is 0 Å². The van der Waals surface area contributed by atoms with Gasteiger partial charge < -0.3 is 10.2 Å². The molecule has 2 aromatic carbocycles. The first kappa shape index (κ1) is 25.0. The predicted octanol–water partition coefficient (Wildman–Crippen LogP) is 6.35. The van der Waals surface area contributed by atoms with E-state index < -0.39 is 0 Å². The van der Waals surface area contributed by atoms with Gasteiger partial charge >= 0.3 is 0 Å². The Morgan fingerprint density at radius 3 is 1.73 bits per heavy atom. The number of hydrogen-bond acceptors (Lipinski definition) is 3. The van der Waals surface area contributed by atoms with Gasteiger partial charge in [0.15, 0.2) is 0 Å². The fourth-order valence-electron chi connectivity index (χ4n) is 4.24. The van der Waals surface area contributed by atoms with Gasteiger partial charge in [0.2, 0.25) is 0 Å². The third-order valence-corrected chi connectivity index (χ3v) is 7.80. The monoisotopic (exact) mass is 428 g/mol. The van der Waals surface area contributed by atoms with Crippen molar-refractivity contribution >= 4 is 11.8 Å². The molecular formula is C27H40O2S. The number of thioether (sulfide) groups is 1. The molecule has 0 aliphatic heterocycles. The van der Waals surface area contributed by atoms with E-state index in [1.54, 1.807) is 0 Å². The number of aliphatic hydroxyl groups excluding tert-OH is 2. The van der Waals surface area contributed by atoms with E-state index in [4.69, 9.17) is 0 Å². The van der Waals surface area contributed by atoms with Gasteiger partial charge in [-0.25, -0.2) is 0 Å².